The average Bonchev–Trinajstić information content (AvgIpc) is 2.03. The van der Waals surface area contributed by atoms with Crippen LogP contribution in [0.1, 0.15) is 18.1 Å². The van der Waals surface area contributed by atoms with E-state index in [1.54, 1.807) is 0 Å². The zero-order valence-electron chi connectivity index (χ0n) is 6.97. The van der Waals surface area contributed by atoms with Crippen LogP contribution in [0.4, 0.5) is 0 Å². The second-order valence-corrected chi connectivity index (χ2v) is 3.66. The van der Waals surface area contributed by atoms with Crippen molar-refractivity contribution < 1.29 is 5.11 Å². The SMILES string of the molecule is C=C(C)c1ccc(Br)cc1CO. The van der Waals surface area contributed by atoms with E-state index in [0.29, 0.717) is 0 Å². The summed E-state index contributed by atoms with van der Waals surface area (Å²) in [6, 6.07) is 5.81. The third-order valence-corrected chi connectivity index (χ3v) is 2.19. The molecule has 0 saturated heterocycles. The Kier molecular flexibility index (Phi) is 3.06. The van der Waals surface area contributed by atoms with Gasteiger partial charge in [0.1, 0.15) is 0 Å². The zero-order valence-corrected chi connectivity index (χ0v) is 8.56. The average molecular weight is 227 g/mol. The van der Waals surface area contributed by atoms with Gasteiger partial charge in [-0.25, -0.2) is 0 Å². The second kappa shape index (κ2) is 3.87. The highest BCUT2D eigenvalue weighted by molar-refractivity contribution is 9.10. The maximum absolute atomic E-state index is 9.03. The van der Waals surface area contributed by atoms with E-state index in [1.165, 1.54) is 0 Å². The Labute approximate surface area is 80.9 Å². The Hall–Kier alpha value is -0.600. The van der Waals surface area contributed by atoms with Gasteiger partial charge in [-0.05, 0) is 30.2 Å². The molecule has 1 nitrogen and oxygen atoms in total. The van der Waals surface area contributed by atoms with Crippen molar-refractivity contribution in [2.24, 2.45) is 0 Å². The van der Waals surface area contributed by atoms with Crippen LogP contribution in [0.5, 0.6) is 0 Å². The monoisotopic (exact) mass is 226 g/mol. The molecule has 1 N–H and O–H groups in total. The number of halogens is 1. The van der Waals surface area contributed by atoms with Crippen molar-refractivity contribution in [1.29, 1.82) is 0 Å². The second-order valence-electron chi connectivity index (χ2n) is 2.74. The lowest BCUT2D eigenvalue weighted by molar-refractivity contribution is 0.281. The first-order chi connectivity index (χ1) is 5.65. The molecule has 0 aliphatic heterocycles. The molecule has 0 aromatic heterocycles. The highest BCUT2D eigenvalue weighted by atomic mass is 79.9. The summed E-state index contributed by atoms with van der Waals surface area (Å²) in [4.78, 5) is 0. The molecule has 1 rings (SSSR count). The first kappa shape index (κ1) is 9.49. The molecule has 2 heteroatoms. The zero-order chi connectivity index (χ0) is 9.14. The summed E-state index contributed by atoms with van der Waals surface area (Å²) in [7, 11) is 0. The molecule has 0 heterocycles. The lowest BCUT2D eigenvalue weighted by Crippen LogP contribution is -1.90. The van der Waals surface area contributed by atoms with E-state index >= 15 is 0 Å². The van der Waals surface area contributed by atoms with Gasteiger partial charge in [0.05, 0.1) is 6.61 Å². The van der Waals surface area contributed by atoms with Crippen LogP contribution < -0.4 is 0 Å². The minimum atomic E-state index is 0.0572. The largest absolute Gasteiger partial charge is 0.392 e. The predicted molar refractivity (Wildman–Crippen MR) is 54.8 cm³/mol. The van der Waals surface area contributed by atoms with Crippen molar-refractivity contribution in [2.45, 2.75) is 13.5 Å². The fourth-order valence-corrected chi connectivity index (χ4v) is 1.52. The molecule has 0 saturated carbocycles. The topological polar surface area (TPSA) is 20.2 Å². The Morgan fingerprint density at radius 3 is 2.75 bits per heavy atom. The van der Waals surface area contributed by atoms with Gasteiger partial charge in [0.25, 0.3) is 0 Å². The van der Waals surface area contributed by atoms with Gasteiger partial charge >= 0.3 is 0 Å². The number of aliphatic hydroxyl groups excluding tert-OH is 1. The molecule has 0 radical (unpaired) electrons. The number of aliphatic hydroxyl groups is 1. The Bertz CT molecular complexity index is 305. The minimum absolute atomic E-state index is 0.0572. The van der Waals surface area contributed by atoms with Gasteiger partial charge in [0.15, 0.2) is 0 Å². The summed E-state index contributed by atoms with van der Waals surface area (Å²) >= 11 is 3.35. The first-order valence-electron chi connectivity index (χ1n) is 3.70. The summed E-state index contributed by atoms with van der Waals surface area (Å²) in [6.45, 7) is 5.83. The van der Waals surface area contributed by atoms with Gasteiger partial charge in [-0.15, -0.1) is 0 Å². The predicted octanol–water partition coefficient (Wildman–Crippen LogP) is 2.97. The van der Waals surface area contributed by atoms with Crippen LogP contribution in [0.3, 0.4) is 0 Å². The molecule has 0 unspecified atom stereocenters. The first-order valence-corrected chi connectivity index (χ1v) is 4.49. The normalized spacial score (nSPS) is 9.92. The third kappa shape index (κ3) is 1.96. The van der Waals surface area contributed by atoms with Crippen molar-refractivity contribution in [3.8, 4) is 0 Å². The molecule has 1 aromatic rings. The third-order valence-electron chi connectivity index (χ3n) is 1.70. The van der Waals surface area contributed by atoms with Crippen LogP contribution in [0, 0.1) is 0 Å². The number of allylic oxidation sites excluding steroid dienone is 1. The number of hydrogen-bond donors (Lipinski definition) is 1. The van der Waals surface area contributed by atoms with Crippen LogP contribution >= 0.6 is 15.9 Å². The lowest BCUT2D eigenvalue weighted by atomic mass is 10.0. The van der Waals surface area contributed by atoms with Gasteiger partial charge in [-0.1, -0.05) is 34.1 Å². The van der Waals surface area contributed by atoms with Crippen molar-refractivity contribution >= 4 is 21.5 Å². The Morgan fingerprint density at radius 1 is 1.58 bits per heavy atom. The fraction of sp³-hybridized carbons (Fsp3) is 0.200. The molecule has 0 spiro atoms. The standard InChI is InChI=1S/C10H11BrO/c1-7(2)10-4-3-9(11)5-8(10)6-12/h3-5,12H,1,6H2,2H3. The van der Waals surface area contributed by atoms with Crippen molar-refractivity contribution in [3.05, 3.63) is 40.4 Å². The number of hydrogen-bond acceptors (Lipinski definition) is 1. The van der Waals surface area contributed by atoms with Crippen molar-refractivity contribution in [1.82, 2.24) is 0 Å². The molecule has 64 valence electrons. The highest BCUT2D eigenvalue weighted by Gasteiger charge is 2.01. The number of benzene rings is 1. The molecular weight excluding hydrogens is 216 g/mol. The van der Waals surface area contributed by atoms with Crippen molar-refractivity contribution in [2.75, 3.05) is 0 Å². The molecule has 0 bridgehead atoms. The minimum Gasteiger partial charge on any atom is -0.392 e. The molecule has 1 aromatic carbocycles. The van der Waals surface area contributed by atoms with E-state index in [2.05, 4.69) is 22.5 Å². The van der Waals surface area contributed by atoms with Crippen LogP contribution in [0.2, 0.25) is 0 Å². The smallest absolute Gasteiger partial charge is 0.0688 e. The molecule has 0 amide bonds. The molecule has 0 aliphatic rings. The van der Waals surface area contributed by atoms with Crippen molar-refractivity contribution in [3.63, 3.8) is 0 Å². The van der Waals surface area contributed by atoms with Gasteiger partial charge in [-0.2, -0.15) is 0 Å². The van der Waals surface area contributed by atoms with Gasteiger partial charge in [0, 0.05) is 4.47 Å². The molecule has 12 heavy (non-hydrogen) atoms. The summed E-state index contributed by atoms with van der Waals surface area (Å²) in [6.07, 6.45) is 0. The van der Waals surface area contributed by atoms with E-state index in [4.69, 9.17) is 5.11 Å². The van der Waals surface area contributed by atoms with E-state index in [-0.39, 0.29) is 6.61 Å². The van der Waals surface area contributed by atoms with E-state index in [1.807, 2.05) is 25.1 Å². The summed E-state index contributed by atoms with van der Waals surface area (Å²) < 4.78 is 0.983. The van der Waals surface area contributed by atoms with Gasteiger partial charge < -0.3 is 5.11 Å². The Balaban J connectivity index is 3.20. The molecule has 0 fully saturated rings. The summed E-state index contributed by atoms with van der Waals surface area (Å²) in [5.41, 5.74) is 2.92. The van der Waals surface area contributed by atoms with Crippen LogP contribution in [-0.4, -0.2) is 5.11 Å². The van der Waals surface area contributed by atoms with E-state index in [0.717, 1.165) is 21.2 Å². The van der Waals surface area contributed by atoms with Crippen LogP contribution in [0.15, 0.2) is 29.3 Å². The maximum Gasteiger partial charge on any atom is 0.0688 e. The molecule has 0 atom stereocenters. The fourth-order valence-electron chi connectivity index (χ4n) is 1.11. The quantitative estimate of drug-likeness (QED) is 0.823. The van der Waals surface area contributed by atoms with E-state index < -0.39 is 0 Å². The number of rotatable bonds is 2. The van der Waals surface area contributed by atoms with Gasteiger partial charge in [0.2, 0.25) is 0 Å². The Morgan fingerprint density at radius 2 is 2.25 bits per heavy atom. The van der Waals surface area contributed by atoms with Gasteiger partial charge in [-0.3, -0.25) is 0 Å². The molecule has 0 aliphatic carbocycles. The summed E-state index contributed by atoms with van der Waals surface area (Å²) in [5, 5.41) is 9.03. The van der Waals surface area contributed by atoms with Crippen LogP contribution in [-0.2, 0) is 6.61 Å². The van der Waals surface area contributed by atoms with E-state index in [9.17, 15) is 0 Å². The maximum atomic E-state index is 9.03. The lowest BCUT2D eigenvalue weighted by Gasteiger charge is -2.06. The summed E-state index contributed by atoms with van der Waals surface area (Å²) in [5.74, 6) is 0. The van der Waals surface area contributed by atoms with Crippen LogP contribution in [0.25, 0.3) is 5.57 Å². The molecular formula is C10H11BrO. The highest BCUT2D eigenvalue weighted by Crippen LogP contribution is 2.21.